The lowest BCUT2D eigenvalue weighted by Crippen LogP contribution is -2.29. The zero-order valence-electron chi connectivity index (χ0n) is 7.31. The molecule has 0 spiro atoms. The molecule has 12 heavy (non-hydrogen) atoms. The lowest BCUT2D eigenvalue weighted by atomic mass is 10.1. The Morgan fingerprint density at radius 3 is 2.83 bits per heavy atom. The summed E-state index contributed by atoms with van der Waals surface area (Å²) in [6, 6.07) is -0.270. The Balaban J connectivity index is 2.77. The monoisotopic (exact) mass is 170 g/mol. The van der Waals surface area contributed by atoms with Gasteiger partial charge in [-0.1, -0.05) is 6.92 Å². The second-order valence-corrected chi connectivity index (χ2v) is 2.76. The van der Waals surface area contributed by atoms with Crippen LogP contribution in [0.2, 0.25) is 0 Å². The molecule has 0 fully saturated rings. The molecule has 5 nitrogen and oxygen atoms in total. The molecule has 0 aliphatic heterocycles. The van der Waals surface area contributed by atoms with E-state index in [1.165, 1.54) is 11.0 Å². The SMILES string of the molecule is CCC(N)C(O)c1ncnn1C. The average Bonchev–Trinajstić information content (AvgIpc) is 2.48. The number of aromatic nitrogens is 3. The quantitative estimate of drug-likeness (QED) is 0.646. The van der Waals surface area contributed by atoms with Gasteiger partial charge in [0.1, 0.15) is 12.4 Å². The van der Waals surface area contributed by atoms with Crippen molar-refractivity contribution in [3.63, 3.8) is 0 Å². The number of rotatable bonds is 3. The van der Waals surface area contributed by atoms with Gasteiger partial charge >= 0.3 is 0 Å². The normalized spacial score (nSPS) is 16.0. The standard InChI is InChI=1S/C7H14N4O/c1-3-5(8)6(12)7-9-4-10-11(7)2/h4-6,12H,3,8H2,1-2H3. The first-order valence-electron chi connectivity index (χ1n) is 3.94. The minimum atomic E-state index is -0.720. The Morgan fingerprint density at radius 1 is 1.75 bits per heavy atom. The topological polar surface area (TPSA) is 77.0 Å². The molecule has 5 heteroatoms. The molecular formula is C7H14N4O. The van der Waals surface area contributed by atoms with Crippen molar-refractivity contribution in [3.8, 4) is 0 Å². The molecule has 0 aliphatic carbocycles. The number of aliphatic hydroxyl groups excluding tert-OH is 1. The third-order valence-electron chi connectivity index (χ3n) is 1.89. The summed E-state index contributed by atoms with van der Waals surface area (Å²) in [5.41, 5.74) is 5.65. The van der Waals surface area contributed by atoms with Crippen LogP contribution in [0, 0.1) is 0 Å². The first-order valence-corrected chi connectivity index (χ1v) is 3.94. The van der Waals surface area contributed by atoms with Crippen LogP contribution in [0.5, 0.6) is 0 Å². The third kappa shape index (κ3) is 1.62. The summed E-state index contributed by atoms with van der Waals surface area (Å²) in [4.78, 5) is 3.91. The first-order chi connectivity index (χ1) is 5.66. The fraction of sp³-hybridized carbons (Fsp3) is 0.714. The van der Waals surface area contributed by atoms with Crippen LogP contribution in [0.15, 0.2) is 6.33 Å². The van der Waals surface area contributed by atoms with Gasteiger partial charge in [0.15, 0.2) is 5.82 Å². The third-order valence-corrected chi connectivity index (χ3v) is 1.89. The van der Waals surface area contributed by atoms with Crippen molar-refractivity contribution in [1.82, 2.24) is 14.8 Å². The van der Waals surface area contributed by atoms with Crippen molar-refractivity contribution in [3.05, 3.63) is 12.2 Å². The zero-order valence-corrected chi connectivity index (χ0v) is 7.31. The van der Waals surface area contributed by atoms with Crippen molar-refractivity contribution < 1.29 is 5.11 Å². The lowest BCUT2D eigenvalue weighted by Gasteiger charge is -2.15. The van der Waals surface area contributed by atoms with Crippen molar-refractivity contribution in [2.75, 3.05) is 0 Å². The maximum absolute atomic E-state index is 9.61. The maximum atomic E-state index is 9.61. The van der Waals surface area contributed by atoms with E-state index in [1.807, 2.05) is 6.92 Å². The van der Waals surface area contributed by atoms with Gasteiger partial charge in [-0.05, 0) is 6.42 Å². The number of nitrogens with zero attached hydrogens (tertiary/aromatic N) is 3. The first kappa shape index (κ1) is 9.15. The lowest BCUT2D eigenvalue weighted by molar-refractivity contribution is 0.131. The summed E-state index contributed by atoms with van der Waals surface area (Å²) in [6.45, 7) is 1.92. The van der Waals surface area contributed by atoms with Gasteiger partial charge in [-0.15, -0.1) is 0 Å². The highest BCUT2D eigenvalue weighted by atomic mass is 16.3. The van der Waals surface area contributed by atoms with Crippen LogP contribution in [-0.4, -0.2) is 25.9 Å². The molecule has 0 aromatic carbocycles. The molecule has 68 valence electrons. The maximum Gasteiger partial charge on any atom is 0.157 e. The van der Waals surface area contributed by atoms with Crippen LogP contribution < -0.4 is 5.73 Å². The molecule has 0 amide bonds. The fourth-order valence-electron chi connectivity index (χ4n) is 0.988. The molecule has 1 aromatic rings. The number of hydrogen-bond donors (Lipinski definition) is 2. The average molecular weight is 170 g/mol. The molecule has 1 heterocycles. The van der Waals surface area contributed by atoms with Crippen LogP contribution in [0.4, 0.5) is 0 Å². The molecule has 2 atom stereocenters. The molecule has 0 saturated carbocycles. The van der Waals surface area contributed by atoms with E-state index in [4.69, 9.17) is 5.73 Å². The molecule has 0 aliphatic rings. The smallest absolute Gasteiger partial charge is 0.157 e. The Labute approximate surface area is 71.2 Å². The van der Waals surface area contributed by atoms with E-state index < -0.39 is 6.10 Å². The van der Waals surface area contributed by atoms with Crippen LogP contribution in [0.25, 0.3) is 0 Å². The number of aryl methyl sites for hydroxylation is 1. The highest BCUT2D eigenvalue weighted by Crippen LogP contribution is 2.12. The minimum Gasteiger partial charge on any atom is -0.383 e. The van der Waals surface area contributed by atoms with Gasteiger partial charge in [-0.25, -0.2) is 4.98 Å². The van der Waals surface area contributed by atoms with E-state index in [-0.39, 0.29) is 6.04 Å². The summed E-state index contributed by atoms with van der Waals surface area (Å²) in [7, 11) is 1.73. The largest absolute Gasteiger partial charge is 0.383 e. The fourth-order valence-corrected chi connectivity index (χ4v) is 0.988. The summed E-state index contributed by atoms with van der Waals surface area (Å²) in [5.74, 6) is 0.518. The molecule has 3 N–H and O–H groups in total. The summed E-state index contributed by atoms with van der Waals surface area (Å²) in [5, 5.41) is 13.5. The predicted molar refractivity (Wildman–Crippen MR) is 44.2 cm³/mol. The summed E-state index contributed by atoms with van der Waals surface area (Å²) < 4.78 is 1.53. The minimum absolute atomic E-state index is 0.270. The van der Waals surface area contributed by atoms with Gasteiger partial charge in [0.25, 0.3) is 0 Å². The molecule has 0 radical (unpaired) electrons. The van der Waals surface area contributed by atoms with Crippen LogP contribution in [0.1, 0.15) is 25.3 Å². The van der Waals surface area contributed by atoms with E-state index in [9.17, 15) is 5.11 Å². The van der Waals surface area contributed by atoms with E-state index in [1.54, 1.807) is 7.05 Å². The number of nitrogens with two attached hydrogens (primary N) is 1. The molecule has 1 rings (SSSR count). The van der Waals surface area contributed by atoms with Crippen LogP contribution in [0.3, 0.4) is 0 Å². The Bertz CT molecular complexity index is 247. The van der Waals surface area contributed by atoms with Crippen LogP contribution >= 0.6 is 0 Å². The van der Waals surface area contributed by atoms with E-state index >= 15 is 0 Å². The summed E-state index contributed by atoms with van der Waals surface area (Å²) in [6.07, 6.45) is 1.40. The van der Waals surface area contributed by atoms with E-state index in [0.717, 1.165) is 0 Å². The van der Waals surface area contributed by atoms with Crippen molar-refractivity contribution >= 4 is 0 Å². The Morgan fingerprint density at radius 2 is 2.42 bits per heavy atom. The predicted octanol–water partition coefficient (Wildman–Crippen LogP) is -0.414. The van der Waals surface area contributed by atoms with E-state index in [2.05, 4.69) is 10.1 Å². The molecular weight excluding hydrogens is 156 g/mol. The summed E-state index contributed by atoms with van der Waals surface area (Å²) >= 11 is 0. The zero-order chi connectivity index (χ0) is 9.14. The van der Waals surface area contributed by atoms with Gasteiger partial charge in [-0.2, -0.15) is 5.10 Å². The number of hydrogen-bond acceptors (Lipinski definition) is 4. The molecule has 2 unspecified atom stereocenters. The Hall–Kier alpha value is -0.940. The van der Waals surface area contributed by atoms with Crippen molar-refractivity contribution in [2.24, 2.45) is 12.8 Å². The number of aliphatic hydroxyl groups is 1. The second kappa shape index (κ2) is 3.64. The van der Waals surface area contributed by atoms with Gasteiger partial charge in [0.05, 0.1) is 0 Å². The van der Waals surface area contributed by atoms with Gasteiger partial charge in [0, 0.05) is 13.1 Å². The van der Waals surface area contributed by atoms with E-state index in [0.29, 0.717) is 12.2 Å². The second-order valence-electron chi connectivity index (χ2n) is 2.76. The highest BCUT2D eigenvalue weighted by molar-refractivity contribution is 4.93. The van der Waals surface area contributed by atoms with Crippen molar-refractivity contribution in [1.29, 1.82) is 0 Å². The molecule has 0 saturated heterocycles. The van der Waals surface area contributed by atoms with Gasteiger partial charge in [-0.3, -0.25) is 4.68 Å². The van der Waals surface area contributed by atoms with Gasteiger partial charge < -0.3 is 10.8 Å². The molecule has 1 aromatic heterocycles. The molecule has 0 bridgehead atoms. The highest BCUT2D eigenvalue weighted by Gasteiger charge is 2.19. The van der Waals surface area contributed by atoms with Crippen molar-refractivity contribution in [2.45, 2.75) is 25.5 Å². The Kier molecular flexibility index (Phi) is 2.78. The van der Waals surface area contributed by atoms with Gasteiger partial charge in [0.2, 0.25) is 0 Å². The van der Waals surface area contributed by atoms with Crippen LogP contribution in [-0.2, 0) is 7.05 Å².